The summed E-state index contributed by atoms with van der Waals surface area (Å²) in [5.74, 6) is 0.537. The maximum Gasteiger partial charge on any atom is 0.140 e. The second-order valence-corrected chi connectivity index (χ2v) is 5.05. The van der Waals surface area contributed by atoms with Crippen LogP contribution in [0.25, 0.3) is 0 Å². The minimum absolute atomic E-state index is 0.302. The fourth-order valence-electron chi connectivity index (χ4n) is 1.68. The van der Waals surface area contributed by atoms with E-state index in [1.807, 2.05) is 13.8 Å². The summed E-state index contributed by atoms with van der Waals surface area (Å²) >= 11 is 12.0. The van der Waals surface area contributed by atoms with Crippen LogP contribution in [0.15, 0.2) is 24.4 Å². The molecule has 0 aliphatic carbocycles. The highest BCUT2D eigenvalue weighted by Gasteiger charge is 2.09. The van der Waals surface area contributed by atoms with Gasteiger partial charge in [0.15, 0.2) is 0 Å². The maximum absolute atomic E-state index is 6.05. The van der Waals surface area contributed by atoms with Crippen LogP contribution in [-0.4, -0.2) is 4.98 Å². The molecular weight excluding hydrogens is 283 g/mol. The Morgan fingerprint density at radius 1 is 1.26 bits per heavy atom. The van der Waals surface area contributed by atoms with E-state index in [0.717, 1.165) is 22.5 Å². The van der Waals surface area contributed by atoms with Gasteiger partial charge in [0.1, 0.15) is 17.4 Å². The zero-order valence-electron chi connectivity index (χ0n) is 10.7. The van der Waals surface area contributed by atoms with Gasteiger partial charge in [-0.05, 0) is 37.1 Å². The van der Waals surface area contributed by atoms with Crippen LogP contribution >= 0.6 is 23.2 Å². The number of aromatic nitrogens is 1. The molecule has 0 unspecified atom stereocenters. The molecule has 0 saturated heterocycles. The molecule has 1 aromatic heterocycles. The standard InChI is InChI=1S/C14H14Cl2N2O/c1-8-6-18-11(9(2)14(8)17)7-19-12-5-3-4-10(15)13(12)16/h3-6H,7H2,1-2H3,(H2,17,18). The van der Waals surface area contributed by atoms with E-state index in [2.05, 4.69) is 4.98 Å². The number of ether oxygens (including phenoxy) is 1. The highest BCUT2D eigenvalue weighted by atomic mass is 35.5. The number of nitrogens with two attached hydrogens (primary N) is 1. The van der Waals surface area contributed by atoms with Gasteiger partial charge in [0, 0.05) is 11.9 Å². The number of hydrogen-bond acceptors (Lipinski definition) is 3. The third kappa shape index (κ3) is 2.94. The van der Waals surface area contributed by atoms with Crippen molar-refractivity contribution < 1.29 is 4.74 Å². The van der Waals surface area contributed by atoms with Gasteiger partial charge < -0.3 is 10.5 Å². The average molecular weight is 297 g/mol. The first-order valence-electron chi connectivity index (χ1n) is 5.78. The second-order valence-electron chi connectivity index (χ2n) is 4.27. The molecule has 0 aliphatic rings. The Kier molecular flexibility index (Phi) is 4.17. The van der Waals surface area contributed by atoms with E-state index in [1.54, 1.807) is 24.4 Å². The Hall–Kier alpha value is -1.45. The second kappa shape index (κ2) is 5.68. The van der Waals surface area contributed by atoms with Crippen LogP contribution < -0.4 is 10.5 Å². The van der Waals surface area contributed by atoms with Crippen molar-refractivity contribution in [3.8, 4) is 5.75 Å². The fourth-order valence-corrected chi connectivity index (χ4v) is 2.03. The van der Waals surface area contributed by atoms with Crippen LogP contribution in [-0.2, 0) is 6.61 Å². The van der Waals surface area contributed by atoms with Gasteiger partial charge in [-0.25, -0.2) is 0 Å². The molecule has 2 rings (SSSR count). The molecule has 0 bridgehead atoms. The number of hydrogen-bond donors (Lipinski definition) is 1. The molecule has 0 saturated carbocycles. The fraction of sp³-hybridized carbons (Fsp3) is 0.214. The Morgan fingerprint density at radius 3 is 2.74 bits per heavy atom. The van der Waals surface area contributed by atoms with Gasteiger partial charge in [0.2, 0.25) is 0 Å². The number of halogens is 2. The lowest BCUT2D eigenvalue weighted by Crippen LogP contribution is -2.05. The number of anilines is 1. The minimum atomic E-state index is 0.302. The van der Waals surface area contributed by atoms with Gasteiger partial charge in [0.05, 0.1) is 10.7 Å². The van der Waals surface area contributed by atoms with Gasteiger partial charge in [0.25, 0.3) is 0 Å². The largest absolute Gasteiger partial charge is 0.486 e. The quantitative estimate of drug-likeness (QED) is 0.925. The number of nitrogens with zero attached hydrogens (tertiary/aromatic N) is 1. The molecule has 2 aromatic rings. The Balaban J connectivity index is 2.20. The van der Waals surface area contributed by atoms with E-state index in [1.165, 1.54) is 0 Å². The predicted octanol–water partition coefficient (Wildman–Crippen LogP) is 4.17. The molecule has 100 valence electrons. The van der Waals surface area contributed by atoms with Gasteiger partial charge in [-0.15, -0.1) is 0 Å². The van der Waals surface area contributed by atoms with E-state index in [4.69, 9.17) is 33.7 Å². The number of pyridine rings is 1. The molecule has 1 heterocycles. The first kappa shape index (κ1) is 14.0. The topological polar surface area (TPSA) is 48.1 Å². The van der Waals surface area contributed by atoms with Gasteiger partial charge >= 0.3 is 0 Å². The number of rotatable bonds is 3. The molecule has 0 atom stereocenters. The summed E-state index contributed by atoms with van der Waals surface area (Å²) in [5.41, 5.74) is 9.38. The number of nitrogen functional groups attached to an aromatic ring is 1. The van der Waals surface area contributed by atoms with Crippen molar-refractivity contribution in [3.63, 3.8) is 0 Å². The zero-order chi connectivity index (χ0) is 14.0. The lowest BCUT2D eigenvalue weighted by Gasteiger charge is -2.12. The summed E-state index contributed by atoms with van der Waals surface area (Å²) in [6.07, 6.45) is 1.74. The van der Waals surface area contributed by atoms with Crippen LogP contribution in [0.1, 0.15) is 16.8 Å². The first-order chi connectivity index (χ1) is 9.00. The molecular formula is C14H14Cl2N2O. The molecule has 0 radical (unpaired) electrons. The van der Waals surface area contributed by atoms with Crippen LogP contribution in [0.5, 0.6) is 5.75 Å². The SMILES string of the molecule is Cc1cnc(COc2cccc(Cl)c2Cl)c(C)c1N. The van der Waals surface area contributed by atoms with Crippen LogP contribution in [0.2, 0.25) is 10.0 Å². The highest BCUT2D eigenvalue weighted by Crippen LogP contribution is 2.32. The van der Waals surface area contributed by atoms with Crippen LogP contribution in [0.3, 0.4) is 0 Å². The zero-order valence-corrected chi connectivity index (χ0v) is 12.2. The molecule has 3 nitrogen and oxygen atoms in total. The van der Waals surface area contributed by atoms with Crippen molar-refractivity contribution in [2.24, 2.45) is 0 Å². The van der Waals surface area contributed by atoms with E-state index < -0.39 is 0 Å². The van der Waals surface area contributed by atoms with Crippen LogP contribution in [0, 0.1) is 13.8 Å². The van der Waals surface area contributed by atoms with Crippen molar-refractivity contribution in [1.82, 2.24) is 4.98 Å². The van der Waals surface area contributed by atoms with Crippen molar-refractivity contribution in [1.29, 1.82) is 0 Å². The summed E-state index contributed by atoms with van der Waals surface area (Å²) in [6, 6.07) is 5.26. The maximum atomic E-state index is 6.05. The molecule has 0 spiro atoms. The molecule has 0 fully saturated rings. The summed E-state index contributed by atoms with van der Waals surface area (Å²) in [5, 5.41) is 0.870. The summed E-state index contributed by atoms with van der Waals surface area (Å²) < 4.78 is 5.64. The minimum Gasteiger partial charge on any atom is -0.486 e. The number of aryl methyl sites for hydroxylation is 1. The third-order valence-electron chi connectivity index (χ3n) is 2.96. The smallest absolute Gasteiger partial charge is 0.140 e. The predicted molar refractivity (Wildman–Crippen MR) is 78.9 cm³/mol. The normalized spacial score (nSPS) is 10.5. The Labute approximate surface area is 122 Å². The van der Waals surface area contributed by atoms with Gasteiger partial charge in [-0.1, -0.05) is 29.3 Å². The monoisotopic (exact) mass is 296 g/mol. The van der Waals surface area contributed by atoms with Gasteiger partial charge in [-0.2, -0.15) is 0 Å². The first-order valence-corrected chi connectivity index (χ1v) is 6.53. The third-order valence-corrected chi connectivity index (χ3v) is 3.76. The average Bonchev–Trinajstić information content (AvgIpc) is 2.40. The van der Waals surface area contributed by atoms with E-state index in [0.29, 0.717) is 22.4 Å². The summed E-state index contributed by atoms with van der Waals surface area (Å²) in [7, 11) is 0. The van der Waals surface area contributed by atoms with E-state index in [9.17, 15) is 0 Å². The lowest BCUT2D eigenvalue weighted by atomic mass is 10.1. The summed E-state index contributed by atoms with van der Waals surface area (Å²) in [4.78, 5) is 4.32. The van der Waals surface area contributed by atoms with Crippen molar-refractivity contribution in [2.45, 2.75) is 20.5 Å². The van der Waals surface area contributed by atoms with Crippen molar-refractivity contribution in [2.75, 3.05) is 5.73 Å². The Morgan fingerprint density at radius 2 is 2.00 bits per heavy atom. The van der Waals surface area contributed by atoms with Gasteiger partial charge in [-0.3, -0.25) is 4.98 Å². The summed E-state index contributed by atoms with van der Waals surface area (Å²) in [6.45, 7) is 4.15. The molecule has 0 aliphatic heterocycles. The highest BCUT2D eigenvalue weighted by molar-refractivity contribution is 6.42. The van der Waals surface area contributed by atoms with E-state index >= 15 is 0 Å². The van der Waals surface area contributed by atoms with E-state index in [-0.39, 0.29) is 0 Å². The number of benzene rings is 1. The molecule has 2 N–H and O–H groups in total. The molecule has 19 heavy (non-hydrogen) atoms. The Bertz CT molecular complexity index is 615. The van der Waals surface area contributed by atoms with Crippen molar-refractivity contribution >= 4 is 28.9 Å². The molecule has 5 heteroatoms. The molecule has 1 aromatic carbocycles. The molecule has 0 amide bonds. The van der Waals surface area contributed by atoms with Crippen molar-refractivity contribution in [3.05, 3.63) is 51.3 Å². The lowest BCUT2D eigenvalue weighted by molar-refractivity contribution is 0.300. The van der Waals surface area contributed by atoms with Crippen LogP contribution in [0.4, 0.5) is 5.69 Å².